The molecule has 0 aliphatic carbocycles. The highest BCUT2D eigenvalue weighted by molar-refractivity contribution is 5.67. The number of aromatic nitrogens is 3. The van der Waals surface area contributed by atoms with E-state index in [9.17, 15) is 10.1 Å². The van der Waals surface area contributed by atoms with Crippen LogP contribution in [0, 0.1) is 10.1 Å². The molecule has 3 rings (SSSR count). The Bertz CT molecular complexity index is 860. The maximum absolute atomic E-state index is 11.1. The smallest absolute Gasteiger partial charge is 0.280 e. The Morgan fingerprint density at radius 3 is 2.58 bits per heavy atom. The summed E-state index contributed by atoms with van der Waals surface area (Å²) in [5.74, 6) is 1.39. The van der Waals surface area contributed by atoms with Crippen LogP contribution in [0.5, 0.6) is 5.75 Å². The second kappa shape index (κ2) is 6.47. The Balaban J connectivity index is 1.91. The van der Waals surface area contributed by atoms with Crippen LogP contribution in [-0.2, 0) is 0 Å². The quantitative estimate of drug-likeness (QED) is 0.549. The molecule has 0 spiro atoms. The molecule has 122 valence electrons. The van der Waals surface area contributed by atoms with Gasteiger partial charge in [-0.1, -0.05) is 24.3 Å². The standard InChI is InChI=1S/C16H15N5O3/c1-24-11-8-6-10(7-9-11)14(17)16-18-15(19-20-16)12-4-2-3-5-13(12)21(22)23/h2-9,14H,17H2,1H3,(H,18,19,20). The van der Waals surface area contributed by atoms with Crippen molar-refractivity contribution in [2.75, 3.05) is 7.11 Å². The van der Waals surface area contributed by atoms with E-state index in [0.717, 1.165) is 11.3 Å². The first-order chi connectivity index (χ1) is 11.6. The first-order valence-electron chi connectivity index (χ1n) is 7.15. The maximum Gasteiger partial charge on any atom is 0.280 e. The number of ether oxygens (including phenoxy) is 1. The first-order valence-corrected chi connectivity index (χ1v) is 7.15. The molecule has 1 atom stereocenters. The van der Waals surface area contributed by atoms with Crippen molar-refractivity contribution in [3.8, 4) is 17.1 Å². The van der Waals surface area contributed by atoms with Crippen molar-refractivity contribution in [3.05, 3.63) is 70.0 Å². The minimum atomic E-state index is -0.528. The van der Waals surface area contributed by atoms with Crippen molar-refractivity contribution >= 4 is 5.69 Å². The van der Waals surface area contributed by atoms with Crippen LogP contribution in [0.15, 0.2) is 48.5 Å². The van der Waals surface area contributed by atoms with E-state index in [1.807, 2.05) is 12.1 Å². The van der Waals surface area contributed by atoms with E-state index in [1.54, 1.807) is 37.4 Å². The van der Waals surface area contributed by atoms with E-state index in [2.05, 4.69) is 15.2 Å². The Hall–Kier alpha value is -3.26. The summed E-state index contributed by atoms with van der Waals surface area (Å²) in [5, 5.41) is 17.9. The van der Waals surface area contributed by atoms with Crippen LogP contribution in [0.25, 0.3) is 11.4 Å². The largest absolute Gasteiger partial charge is 0.497 e. The van der Waals surface area contributed by atoms with Gasteiger partial charge in [-0.05, 0) is 23.8 Å². The number of nitro benzene ring substituents is 1. The lowest BCUT2D eigenvalue weighted by atomic mass is 10.1. The van der Waals surface area contributed by atoms with E-state index in [4.69, 9.17) is 10.5 Å². The number of nitrogens with two attached hydrogens (primary N) is 1. The van der Waals surface area contributed by atoms with Crippen LogP contribution in [0.2, 0.25) is 0 Å². The summed E-state index contributed by atoms with van der Waals surface area (Å²) in [5.41, 5.74) is 7.29. The van der Waals surface area contributed by atoms with Crippen molar-refractivity contribution in [3.63, 3.8) is 0 Å². The molecule has 3 N–H and O–H groups in total. The highest BCUT2D eigenvalue weighted by atomic mass is 16.6. The van der Waals surface area contributed by atoms with Gasteiger partial charge in [0, 0.05) is 6.07 Å². The minimum absolute atomic E-state index is 0.0546. The molecule has 1 heterocycles. The number of hydrogen-bond acceptors (Lipinski definition) is 6. The molecular weight excluding hydrogens is 310 g/mol. The fraction of sp³-hybridized carbons (Fsp3) is 0.125. The normalized spacial score (nSPS) is 11.9. The molecule has 0 bridgehead atoms. The zero-order chi connectivity index (χ0) is 17.1. The van der Waals surface area contributed by atoms with Crippen LogP contribution in [0.4, 0.5) is 5.69 Å². The molecule has 24 heavy (non-hydrogen) atoms. The average Bonchev–Trinajstić information content (AvgIpc) is 3.11. The van der Waals surface area contributed by atoms with Crippen LogP contribution in [0.1, 0.15) is 17.4 Å². The Morgan fingerprint density at radius 2 is 1.92 bits per heavy atom. The highest BCUT2D eigenvalue weighted by Crippen LogP contribution is 2.28. The number of hydrogen-bond donors (Lipinski definition) is 2. The Kier molecular flexibility index (Phi) is 4.21. The summed E-state index contributed by atoms with van der Waals surface area (Å²) < 4.78 is 5.11. The van der Waals surface area contributed by atoms with Crippen molar-refractivity contribution in [2.45, 2.75) is 6.04 Å². The van der Waals surface area contributed by atoms with Crippen molar-refractivity contribution in [1.82, 2.24) is 15.2 Å². The number of H-pyrrole nitrogens is 1. The average molecular weight is 325 g/mol. The van der Waals surface area contributed by atoms with E-state index in [0.29, 0.717) is 11.4 Å². The molecule has 0 aliphatic heterocycles. The molecular formula is C16H15N5O3. The third-order valence-corrected chi connectivity index (χ3v) is 3.61. The Labute approximate surface area is 137 Å². The van der Waals surface area contributed by atoms with Gasteiger partial charge in [-0.2, -0.15) is 5.10 Å². The van der Waals surface area contributed by atoms with Crippen molar-refractivity contribution in [1.29, 1.82) is 0 Å². The molecule has 8 heteroatoms. The van der Waals surface area contributed by atoms with Gasteiger partial charge < -0.3 is 10.5 Å². The molecule has 3 aromatic rings. The van der Waals surface area contributed by atoms with Gasteiger partial charge in [-0.15, -0.1) is 0 Å². The van der Waals surface area contributed by atoms with Gasteiger partial charge in [0.2, 0.25) is 0 Å². The van der Waals surface area contributed by atoms with Crippen LogP contribution in [0.3, 0.4) is 0 Å². The molecule has 1 unspecified atom stereocenters. The number of benzene rings is 2. The summed E-state index contributed by atoms with van der Waals surface area (Å²) >= 11 is 0. The van der Waals surface area contributed by atoms with Crippen LogP contribution in [-0.4, -0.2) is 27.2 Å². The fourth-order valence-corrected chi connectivity index (χ4v) is 2.32. The molecule has 1 aromatic heterocycles. The summed E-state index contributed by atoms with van der Waals surface area (Å²) in [6.07, 6.45) is 0. The third-order valence-electron chi connectivity index (χ3n) is 3.61. The molecule has 0 fully saturated rings. The van der Waals surface area contributed by atoms with Gasteiger partial charge in [0.15, 0.2) is 5.82 Å². The number of nitro groups is 1. The molecule has 0 amide bonds. The zero-order valence-electron chi connectivity index (χ0n) is 12.8. The number of nitrogens with one attached hydrogen (secondary N) is 1. The molecule has 0 radical (unpaired) electrons. The van der Waals surface area contributed by atoms with Crippen molar-refractivity contribution in [2.24, 2.45) is 5.73 Å². The predicted octanol–water partition coefficient (Wildman–Crippen LogP) is 2.44. The van der Waals surface area contributed by atoms with Gasteiger partial charge in [0.05, 0.1) is 23.6 Å². The summed E-state index contributed by atoms with van der Waals surface area (Å²) in [7, 11) is 1.59. The van der Waals surface area contributed by atoms with Crippen LogP contribution >= 0.6 is 0 Å². The van der Waals surface area contributed by atoms with Crippen molar-refractivity contribution < 1.29 is 9.66 Å². The lowest BCUT2D eigenvalue weighted by Gasteiger charge is -2.09. The van der Waals surface area contributed by atoms with Gasteiger partial charge in [-0.25, -0.2) is 4.98 Å². The molecule has 2 aromatic carbocycles. The molecule has 0 saturated heterocycles. The number of para-hydroxylation sites is 1. The molecule has 0 saturated carbocycles. The SMILES string of the molecule is COc1ccc(C(N)c2nc(-c3ccccc3[N+](=O)[O-])n[nH]2)cc1. The number of methoxy groups -OCH3 is 1. The van der Waals surface area contributed by atoms with E-state index >= 15 is 0 Å². The number of aromatic amines is 1. The van der Waals surface area contributed by atoms with Gasteiger partial charge in [-0.3, -0.25) is 15.2 Å². The van der Waals surface area contributed by atoms with Gasteiger partial charge >= 0.3 is 0 Å². The first kappa shape index (κ1) is 15.6. The monoisotopic (exact) mass is 325 g/mol. The molecule has 8 nitrogen and oxygen atoms in total. The zero-order valence-corrected chi connectivity index (χ0v) is 12.8. The molecule has 0 aliphatic rings. The number of rotatable bonds is 5. The lowest BCUT2D eigenvalue weighted by molar-refractivity contribution is -0.384. The van der Waals surface area contributed by atoms with Gasteiger partial charge in [0.1, 0.15) is 11.6 Å². The fourth-order valence-electron chi connectivity index (χ4n) is 2.32. The second-order valence-corrected chi connectivity index (χ2v) is 5.07. The van der Waals surface area contributed by atoms with E-state index in [-0.39, 0.29) is 11.5 Å². The third kappa shape index (κ3) is 2.95. The van der Waals surface area contributed by atoms with E-state index in [1.165, 1.54) is 6.07 Å². The summed E-state index contributed by atoms with van der Waals surface area (Å²) in [6, 6.07) is 13.0. The lowest BCUT2D eigenvalue weighted by Crippen LogP contribution is -2.13. The second-order valence-electron chi connectivity index (χ2n) is 5.07. The van der Waals surface area contributed by atoms with E-state index < -0.39 is 11.0 Å². The highest BCUT2D eigenvalue weighted by Gasteiger charge is 2.20. The Morgan fingerprint density at radius 1 is 1.21 bits per heavy atom. The summed E-state index contributed by atoms with van der Waals surface area (Å²) in [6.45, 7) is 0. The van der Waals surface area contributed by atoms with Crippen LogP contribution < -0.4 is 10.5 Å². The topological polar surface area (TPSA) is 120 Å². The predicted molar refractivity (Wildman–Crippen MR) is 87.5 cm³/mol. The maximum atomic E-state index is 11.1. The van der Waals surface area contributed by atoms with Gasteiger partial charge in [0.25, 0.3) is 5.69 Å². The number of nitrogens with zero attached hydrogens (tertiary/aromatic N) is 3. The minimum Gasteiger partial charge on any atom is -0.497 e. The summed E-state index contributed by atoms with van der Waals surface area (Å²) in [4.78, 5) is 15.0.